The third-order valence-corrected chi connectivity index (χ3v) is 4.77. The van der Waals surface area contributed by atoms with Crippen molar-refractivity contribution in [1.82, 2.24) is 10.3 Å². The van der Waals surface area contributed by atoms with Crippen molar-refractivity contribution < 1.29 is 18.7 Å². The van der Waals surface area contributed by atoms with Gasteiger partial charge in [-0.25, -0.2) is 4.98 Å². The fourth-order valence-electron chi connectivity index (χ4n) is 3.09. The number of oxazole rings is 1. The molecule has 3 aromatic carbocycles. The highest BCUT2D eigenvalue weighted by Gasteiger charge is 2.15. The van der Waals surface area contributed by atoms with Crippen molar-refractivity contribution >= 4 is 40.0 Å². The summed E-state index contributed by atoms with van der Waals surface area (Å²) in [5.74, 6) is 1.09. The molecule has 0 unspecified atom stereocenters. The molecule has 0 saturated heterocycles. The second-order valence-electron chi connectivity index (χ2n) is 6.51. The van der Waals surface area contributed by atoms with E-state index in [1.807, 2.05) is 30.3 Å². The third kappa shape index (κ3) is 4.34. The van der Waals surface area contributed by atoms with Crippen LogP contribution in [0.1, 0.15) is 10.4 Å². The maximum atomic E-state index is 12.6. The van der Waals surface area contributed by atoms with Crippen molar-refractivity contribution in [2.24, 2.45) is 0 Å². The highest BCUT2D eigenvalue weighted by molar-refractivity contribution is 7.80. The van der Waals surface area contributed by atoms with E-state index in [1.165, 1.54) is 7.11 Å². The number of amides is 1. The monoisotopic (exact) mass is 433 g/mol. The molecule has 1 aromatic heterocycles. The Labute approximate surface area is 184 Å². The number of benzene rings is 3. The maximum Gasteiger partial charge on any atom is 0.261 e. The molecule has 0 fully saturated rings. The standard InChI is InChI=1S/C23H19N3O4S/c1-28-18-9-5-3-7-15(18)21(27)26-23(31)25-17-13-14(11-12-19(17)29-2)22-24-16-8-4-6-10-20(16)30-22/h3-13H,1-2H3,(H2,25,26,27,31). The molecular formula is C23H19N3O4S. The van der Waals surface area contributed by atoms with E-state index in [0.717, 1.165) is 11.1 Å². The lowest BCUT2D eigenvalue weighted by molar-refractivity contribution is 0.0974. The van der Waals surface area contributed by atoms with Crippen LogP contribution in [0.15, 0.2) is 71.1 Å². The Kier molecular flexibility index (Phi) is 5.81. The second kappa shape index (κ2) is 8.85. The second-order valence-corrected chi connectivity index (χ2v) is 6.92. The zero-order valence-electron chi connectivity index (χ0n) is 16.8. The average Bonchev–Trinajstić information content (AvgIpc) is 3.23. The summed E-state index contributed by atoms with van der Waals surface area (Å²) in [7, 11) is 3.06. The number of hydrogen-bond acceptors (Lipinski definition) is 6. The zero-order valence-corrected chi connectivity index (χ0v) is 17.7. The van der Waals surface area contributed by atoms with E-state index in [9.17, 15) is 4.79 Å². The summed E-state index contributed by atoms with van der Waals surface area (Å²) in [6.45, 7) is 0. The quantitative estimate of drug-likeness (QED) is 0.444. The van der Waals surface area contributed by atoms with E-state index in [0.29, 0.717) is 34.2 Å². The molecule has 0 bridgehead atoms. The minimum atomic E-state index is -0.385. The molecule has 1 amide bonds. The minimum Gasteiger partial charge on any atom is -0.496 e. The number of aromatic nitrogens is 1. The number of hydrogen-bond donors (Lipinski definition) is 2. The number of methoxy groups -OCH3 is 2. The molecule has 2 N–H and O–H groups in total. The van der Waals surface area contributed by atoms with Crippen LogP contribution in [-0.4, -0.2) is 30.2 Å². The molecule has 0 saturated carbocycles. The van der Waals surface area contributed by atoms with Gasteiger partial charge in [-0.15, -0.1) is 0 Å². The van der Waals surface area contributed by atoms with Crippen molar-refractivity contribution in [3.8, 4) is 23.0 Å². The van der Waals surface area contributed by atoms with Crippen LogP contribution in [0.5, 0.6) is 11.5 Å². The van der Waals surface area contributed by atoms with E-state index in [1.54, 1.807) is 43.5 Å². The molecule has 156 valence electrons. The normalized spacial score (nSPS) is 10.5. The molecular weight excluding hydrogens is 414 g/mol. The van der Waals surface area contributed by atoms with Crippen molar-refractivity contribution in [3.63, 3.8) is 0 Å². The van der Waals surface area contributed by atoms with Crippen molar-refractivity contribution in [1.29, 1.82) is 0 Å². The first-order chi connectivity index (χ1) is 15.1. The molecule has 0 aliphatic heterocycles. The van der Waals surface area contributed by atoms with Crippen molar-refractivity contribution in [2.75, 3.05) is 19.5 Å². The Morgan fingerprint density at radius 2 is 1.71 bits per heavy atom. The average molecular weight is 433 g/mol. The third-order valence-electron chi connectivity index (χ3n) is 4.57. The largest absolute Gasteiger partial charge is 0.496 e. The first-order valence-electron chi connectivity index (χ1n) is 9.38. The first kappa shape index (κ1) is 20.4. The summed E-state index contributed by atoms with van der Waals surface area (Å²) in [6.07, 6.45) is 0. The summed E-state index contributed by atoms with van der Waals surface area (Å²) < 4.78 is 16.5. The molecule has 0 aliphatic rings. The van der Waals surface area contributed by atoms with Gasteiger partial charge >= 0.3 is 0 Å². The van der Waals surface area contributed by atoms with Gasteiger partial charge in [-0.2, -0.15) is 0 Å². The number of fused-ring (bicyclic) bond motifs is 1. The molecule has 8 heteroatoms. The highest BCUT2D eigenvalue weighted by Crippen LogP contribution is 2.32. The lowest BCUT2D eigenvalue weighted by atomic mass is 10.2. The molecule has 7 nitrogen and oxygen atoms in total. The number of nitrogens with zero attached hydrogens (tertiary/aromatic N) is 1. The number of ether oxygens (including phenoxy) is 2. The summed E-state index contributed by atoms with van der Waals surface area (Å²) >= 11 is 5.33. The fourth-order valence-corrected chi connectivity index (χ4v) is 3.29. The van der Waals surface area contributed by atoms with Crippen LogP contribution in [0.25, 0.3) is 22.6 Å². The Hall–Kier alpha value is -3.91. The van der Waals surface area contributed by atoms with Crippen LogP contribution in [-0.2, 0) is 0 Å². The van der Waals surface area contributed by atoms with Crippen molar-refractivity contribution in [3.05, 3.63) is 72.3 Å². The van der Waals surface area contributed by atoms with E-state index in [4.69, 9.17) is 26.1 Å². The Morgan fingerprint density at radius 3 is 2.48 bits per heavy atom. The molecule has 31 heavy (non-hydrogen) atoms. The number of anilines is 1. The van der Waals surface area contributed by atoms with Gasteiger partial charge < -0.3 is 19.2 Å². The van der Waals surface area contributed by atoms with Gasteiger partial charge in [0.05, 0.1) is 25.5 Å². The van der Waals surface area contributed by atoms with E-state index in [2.05, 4.69) is 15.6 Å². The number of para-hydroxylation sites is 3. The summed E-state index contributed by atoms with van der Waals surface area (Å²) in [5, 5.41) is 5.78. The molecule has 4 aromatic rings. The lowest BCUT2D eigenvalue weighted by Crippen LogP contribution is -2.34. The number of nitrogens with one attached hydrogen (secondary N) is 2. The number of thiocarbonyl (C=S) groups is 1. The highest BCUT2D eigenvalue weighted by atomic mass is 32.1. The SMILES string of the molecule is COc1ccc(-c2nc3ccccc3o2)cc1NC(=S)NC(=O)c1ccccc1OC. The van der Waals surface area contributed by atoms with Gasteiger partial charge in [-0.3, -0.25) is 10.1 Å². The van der Waals surface area contributed by atoms with Gasteiger partial charge in [0.1, 0.15) is 17.0 Å². The number of carbonyl (C=O) groups is 1. The zero-order chi connectivity index (χ0) is 21.8. The Bertz CT molecular complexity index is 1240. The van der Waals surface area contributed by atoms with Crippen LogP contribution >= 0.6 is 12.2 Å². The summed E-state index contributed by atoms with van der Waals surface area (Å²) in [4.78, 5) is 17.1. The first-order valence-corrected chi connectivity index (χ1v) is 9.79. The van der Waals surface area contributed by atoms with Crippen LogP contribution in [0, 0.1) is 0 Å². The van der Waals surface area contributed by atoms with E-state index >= 15 is 0 Å². The maximum absolute atomic E-state index is 12.6. The van der Waals surface area contributed by atoms with Gasteiger partial charge in [0.25, 0.3) is 5.91 Å². The summed E-state index contributed by atoms with van der Waals surface area (Å²) in [5.41, 5.74) is 3.14. The van der Waals surface area contributed by atoms with Crippen LogP contribution in [0.4, 0.5) is 5.69 Å². The Morgan fingerprint density at radius 1 is 0.968 bits per heavy atom. The van der Waals surface area contributed by atoms with Gasteiger partial charge in [-0.05, 0) is 54.7 Å². The fraction of sp³-hybridized carbons (Fsp3) is 0.0870. The number of carbonyl (C=O) groups excluding carboxylic acids is 1. The molecule has 0 aliphatic carbocycles. The molecule has 1 heterocycles. The van der Waals surface area contributed by atoms with Crippen LogP contribution in [0.2, 0.25) is 0 Å². The molecule has 0 spiro atoms. The topological polar surface area (TPSA) is 85.6 Å². The molecule has 0 atom stereocenters. The van der Waals surface area contributed by atoms with Crippen molar-refractivity contribution in [2.45, 2.75) is 0 Å². The van der Waals surface area contributed by atoms with Gasteiger partial charge in [0.2, 0.25) is 5.89 Å². The predicted molar refractivity (Wildman–Crippen MR) is 123 cm³/mol. The molecule has 0 radical (unpaired) electrons. The minimum absolute atomic E-state index is 0.115. The smallest absolute Gasteiger partial charge is 0.261 e. The van der Waals surface area contributed by atoms with Gasteiger partial charge in [-0.1, -0.05) is 24.3 Å². The Balaban J connectivity index is 1.56. The molecule has 4 rings (SSSR count). The lowest BCUT2D eigenvalue weighted by Gasteiger charge is -2.14. The van der Waals surface area contributed by atoms with E-state index in [-0.39, 0.29) is 11.0 Å². The van der Waals surface area contributed by atoms with Crippen LogP contribution < -0.4 is 20.1 Å². The van der Waals surface area contributed by atoms with E-state index < -0.39 is 0 Å². The summed E-state index contributed by atoms with van der Waals surface area (Å²) in [6, 6.07) is 19.8. The predicted octanol–water partition coefficient (Wildman–Crippen LogP) is 4.64. The van der Waals surface area contributed by atoms with Gasteiger partial charge in [0.15, 0.2) is 10.7 Å². The van der Waals surface area contributed by atoms with Crippen LogP contribution in [0.3, 0.4) is 0 Å². The number of rotatable bonds is 5. The van der Waals surface area contributed by atoms with Gasteiger partial charge in [0, 0.05) is 5.56 Å².